The molecule has 2 aromatic carbocycles. The first-order valence-corrected chi connectivity index (χ1v) is 24.8. The number of nitrogens with one attached hydrogen (secondary N) is 3. The van der Waals surface area contributed by atoms with Gasteiger partial charge >= 0.3 is 12.2 Å². The molecule has 0 saturated carbocycles. The molecule has 0 bridgehead atoms. The number of hydrogen-bond donors (Lipinski definition) is 12. The third kappa shape index (κ3) is 22.0. The zero-order valence-electron chi connectivity index (χ0n) is 40.0. The minimum Gasteiger partial charge on any atom is -0.760 e. The van der Waals surface area contributed by atoms with Crippen LogP contribution in [0.4, 0.5) is 9.59 Å². The maximum Gasteiger partial charge on any atom is 0.408 e. The third-order valence-corrected chi connectivity index (χ3v) is 12.9. The van der Waals surface area contributed by atoms with E-state index >= 15 is 0 Å². The number of amides is 4. The molecule has 5 aliphatic rings. The Labute approximate surface area is 466 Å². The monoisotopic (exact) mass is 1130 g/mol. The van der Waals surface area contributed by atoms with Gasteiger partial charge < -0.3 is 100 Å². The van der Waals surface area contributed by atoms with Crippen LogP contribution in [0.2, 0.25) is 0 Å². The predicted molar refractivity (Wildman–Crippen MR) is 253 cm³/mol. The van der Waals surface area contributed by atoms with Gasteiger partial charge in [0.25, 0.3) is 0 Å². The van der Waals surface area contributed by atoms with Crippen LogP contribution in [0.5, 0.6) is 0 Å². The van der Waals surface area contributed by atoms with Gasteiger partial charge in [0.05, 0.1) is 46.1 Å². The van der Waals surface area contributed by atoms with E-state index in [-0.39, 0.29) is 80.7 Å². The molecule has 5 unspecified atom stereocenters. The van der Waals surface area contributed by atoms with E-state index in [1.54, 1.807) is 24.3 Å². The normalized spacial score (nSPS) is 28.3. The van der Waals surface area contributed by atoms with Crippen LogP contribution in [-0.4, -0.2) is 232 Å². The van der Waals surface area contributed by atoms with E-state index in [1.165, 1.54) is 9.21 Å². The fourth-order valence-corrected chi connectivity index (χ4v) is 8.26. The van der Waals surface area contributed by atoms with Gasteiger partial charge in [0.1, 0.15) is 80.4 Å². The van der Waals surface area contributed by atoms with Crippen molar-refractivity contribution in [3.8, 4) is 0 Å². The number of alkyl carbamates (subject to hydrolysis) is 2. The Morgan fingerprint density at radius 2 is 1.21 bits per heavy atom. The molecule has 422 valence electrons. The summed E-state index contributed by atoms with van der Waals surface area (Å²) in [7, 11) is 0. The summed E-state index contributed by atoms with van der Waals surface area (Å²) in [5.74, 6) is -1.31. The maximum atomic E-state index is 13.0. The molecule has 5 heterocycles. The molecule has 5 fully saturated rings. The molecule has 0 spiro atoms. The SMILES string of the molecule is N[C@@H]1OC(CO)[C@@H](O)[C@H](O)C1O.O=C(C[C@H](NC(=O)OCc1ccccc1)C(=O)N1CCOCC1)N[C@@H]1OC(CO)[C@@H](O)[C@H](O)C1O.O=C(N[C@H]1CC(=O)SC1=O)OCc1ccccc1.O=S([O-])N1CCOCC1.[Ar]. The van der Waals surface area contributed by atoms with E-state index in [4.69, 9.17) is 49.5 Å². The molecule has 7 rings (SSSR count). The van der Waals surface area contributed by atoms with Crippen molar-refractivity contribution in [1.82, 2.24) is 25.2 Å². The Hall–Kier alpha value is -3.58. The van der Waals surface area contributed by atoms with Gasteiger partial charge in [0.15, 0.2) is 11.3 Å². The Kier molecular flexibility index (Phi) is 30.1. The van der Waals surface area contributed by atoms with Gasteiger partial charge in [0, 0.05) is 81.6 Å². The second kappa shape index (κ2) is 34.3. The number of carbonyl (C=O) groups is 6. The summed E-state index contributed by atoms with van der Waals surface area (Å²) < 4.78 is 52.2. The van der Waals surface area contributed by atoms with Crippen LogP contribution in [0.25, 0.3) is 0 Å². The number of ether oxygens (including phenoxy) is 6. The van der Waals surface area contributed by atoms with E-state index in [2.05, 4.69) is 16.0 Å². The summed E-state index contributed by atoms with van der Waals surface area (Å²) in [5, 5.41) is 81.8. The second-order valence-electron chi connectivity index (χ2n) is 16.5. The van der Waals surface area contributed by atoms with E-state index in [0.29, 0.717) is 51.3 Å². The van der Waals surface area contributed by atoms with Crippen molar-refractivity contribution < 1.29 is 145 Å². The zero-order chi connectivity index (χ0) is 54.3. The van der Waals surface area contributed by atoms with Gasteiger partial charge in [-0.3, -0.25) is 23.4 Å². The molecule has 28 nitrogen and oxygen atoms in total. The molecule has 4 amide bonds. The summed E-state index contributed by atoms with van der Waals surface area (Å²) in [4.78, 5) is 73.2. The first-order chi connectivity index (χ1) is 35.3. The van der Waals surface area contributed by atoms with Crippen molar-refractivity contribution in [1.29, 1.82) is 0 Å². The van der Waals surface area contributed by atoms with Crippen LogP contribution in [-0.2, 0) is 72.1 Å². The number of nitrogens with zero attached hydrogens (tertiary/aromatic N) is 2. The van der Waals surface area contributed by atoms with E-state index < -0.39 is 128 Å². The van der Waals surface area contributed by atoms with Gasteiger partial charge in [-0.05, 0) is 22.9 Å². The number of aliphatic hydroxyl groups excluding tert-OH is 8. The van der Waals surface area contributed by atoms with Gasteiger partial charge in [0.2, 0.25) is 16.9 Å². The van der Waals surface area contributed by atoms with E-state index in [9.17, 15) is 63.1 Å². The average molecular weight is 1130 g/mol. The maximum absolute atomic E-state index is 13.0. The van der Waals surface area contributed by atoms with E-state index in [0.717, 1.165) is 11.1 Å². The Morgan fingerprint density at radius 3 is 1.69 bits per heavy atom. The van der Waals surface area contributed by atoms with Crippen molar-refractivity contribution in [3.63, 3.8) is 0 Å². The molecule has 13 N–H and O–H groups in total. The van der Waals surface area contributed by atoms with Gasteiger partial charge in [-0.25, -0.2) is 13.9 Å². The quantitative estimate of drug-likeness (QED) is 0.0834. The number of rotatable bonds is 13. The number of nitrogens with two attached hydrogens (primary N) is 1. The number of morpholine rings is 2. The fraction of sp³-hybridized carbons (Fsp3) is 0.591. The van der Waals surface area contributed by atoms with Crippen LogP contribution in [0, 0.1) is 37.7 Å². The largest absolute Gasteiger partial charge is 0.760 e. The summed E-state index contributed by atoms with van der Waals surface area (Å²) in [6.45, 7) is 2.21. The van der Waals surface area contributed by atoms with Crippen molar-refractivity contribution in [2.75, 3.05) is 65.8 Å². The number of benzene rings is 2. The second-order valence-corrected chi connectivity index (χ2v) is 18.5. The Bertz CT molecular complexity index is 2100. The molecular weight excluding hydrogens is 1070 g/mol. The summed E-state index contributed by atoms with van der Waals surface area (Å²) in [6, 6.07) is 16.1. The van der Waals surface area contributed by atoms with Crippen LogP contribution in [0.15, 0.2) is 60.7 Å². The zero-order valence-corrected chi connectivity index (χ0v) is 42.4. The number of thioether (sulfide) groups is 1. The smallest absolute Gasteiger partial charge is 0.408 e. The van der Waals surface area contributed by atoms with Crippen molar-refractivity contribution in [3.05, 3.63) is 71.8 Å². The molecular formula is C44H63ArN6O22S2-. The van der Waals surface area contributed by atoms with Gasteiger partial charge in [-0.15, -0.1) is 0 Å². The van der Waals surface area contributed by atoms with Crippen LogP contribution < -0.4 is 21.7 Å². The van der Waals surface area contributed by atoms with Crippen LogP contribution >= 0.6 is 11.8 Å². The van der Waals surface area contributed by atoms with Crippen LogP contribution in [0.3, 0.4) is 0 Å². The van der Waals surface area contributed by atoms with E-state index in [1.807, 2.05) is 36.4 Å². The van der Waals surface area contributed by atoms with Crippen molar-refractivity contribution in [2.45, 2.75) is 99.4 Å². The van der Waals surface area contributed by atoms with Crippen molar-refractivity contribution in [2.24, 2.45) is 5.73 Å². The molecule has 5 saturated heterocycles. The van der Waals surface area contributed by atoms with Crippen LogP contribution in [0.1, 0.15) is 24.0 Å². The third-order valence-electron chi connectivity index (χ3n) is 11.2. The first kappa shape index (κ1) is 65.7. The summed E-state index contributed by atoms with van der Waals surface area (Å²) >= 11 is -1.41. The van der Waals surface area contributed by atoms with Crippen molar-refractivity contribution >= 4 is 57.3 Å². The molecule has 13 atom stereocenters. The number of hydrogen-bond acceptors (Lipinski definition) is 24. The minimum absolute atomic E-state index is 0. The molecule has 0 radical (unpaired) electrons. The first-order valence-electron chi connectivity index (χ1n) is 23.0. The molecule has 2 aromatic rings. The molecule has 0 aliphatic carbocycles. The predicted octanol–water partition coefficient (Wildman–Crippen LogP) is -5.22. The minimum atomic E-state index is -2.05. The standard InChI is InChI=1S/C22H31N3O10.C12H11NO4S.C6H13NO5.C4H9NO3S.Ar/c26-11-15-17(28)18(29)19(30)20(35-15)24-16(27)10-14(21(31)25-6-8-33-9-7-25)23-22(32)34-12-13-4-2-1-3-5-13;14-10-6-9(11(15)18-10)13-12(16)17-7-8-4-2-1-3-5-8;7-6-5(11)4(10)3(9)2(1-8)12-6;6-9(7)5-1-3-8-4-2-5;/h1-5,14-15,17-20,26,28-30H,6-12H2,(H,23,32)(H,24,27);1-5,9H,6-7H2,(H,13,16);2-6,8-11H,1,7H2;1-4H2,(H,6,7);/p-1/t14-,15?,17+,18-,19?,20+;9-;2?,3-,4+,5?,6-;;/m001../s1. The molecule has 31 heteroatoms. The average Bonchev–Trinajstić information content (AvgIpc) is 3.73. The Morgan fingerprint density at radius 1 is 0.720 bits per heavy atom. The Balaban J connectivity index is 0.000000305. The fourth-order valence-electron chi connectivity index (χ4n) is 7.05. The molecule has 5 aliphatic heterocycles. The number of aliphatic hydroxyl groups is 8. The topological polar surface area (TPSA) is 428 Å². The number of carbonyl (C=O) groups excluding carboxylic acids is 6. The molecule has 0 aromatic heterocycles. The molecule has 75 heavy (non-hydrogen) atoms. The van der Waals surface area contributed by atoms with Gasteiger partial charge in [-0.2, -0.15) is 0 Å². The summed E-state index contributed by atoms with van der Waals surface area (Å²) in [6.07, 6.45) is -15.7. The van der Waals surface area contributed by atoms with Gasteiger partial charge in [-0.1, -0.05) is 60.7 Å². The summed E-state index contributed by atoms with van der Waals surface area (Å²) in [5.41, 5.74) is 6.83.